The highest BCUT2D eigenvalue weighted by Gasteiger charge is 2.17. The second kappa shape index (κ2) is 11.0. The first-order valence-corrected chi connectivity index (χ1v) is 10.3. The van der Waals surface area contributed by atoms with Crippen LogP contribution in [0.1, 0.15) is 41.3 Å². The highest BCUT2D eigenvalue weighted by molar-refractivity contribution is 6.00. The van der Waals surface area contributed by atoms with Crippen LogP contribution in [-0.2, 0) is 16.1 Å². The number of hydrogen-bond acceptors (Lipinski definition) is 5. The van der Waals surface area contributed by atoms with Gasteiger partial charge in [-0.3, -0.25) is 9.59 Å². The molecule has 3 rings (SSSR count). The molecule has 5 heteroatoms. The van der Waals surface area contributed by atoms with Crippen molar-refractivity contribution in [2.45, 2.75) is 33.3 Å². The highest BCUT2D eigenvalue weighted by Crippen LogP contribution is 2.30. The molecule has 0 aromatic heterocycles. The molecule has 31 heavy (non-hydrogen) atoms. The monoisotopic (exact) mass is 418 g/mol. The summed E-state index contributed by atoms with van der Waals surface area (Å²) in [7, 11) is 0. The van der Waals surface area contributed by atoms with Gasteiger partial charge in [-0.2, -0.15) is 0 Å². The Morgan fingerprint density at radius 3 is 2.26 bits per heavy atom. The maximum Gasteiger partial charge on any atom is 0.306 e. The van der Waals surface area contributed by atoms with Crippen molar-refractivity contribution in [1.82, 2.24) is 0 Å². The van der Waals surface area contributed by atoms with Crippen LogP contribution in [-0.4, -0.2) is 18.4 Å². The van der Waals surface area contributed by atoms with Gasteiger partial charge >= 0.3 is 5.97 Å². The van der Waals surface area contributed by atoms with Crippen LogP contribution in [0.25, 0.3) is 0 Å². The van der Waals surface area contributed by atoms with Crippen molar-refractivity contribution in [3.63, 3.8) is 0 Å². The van der Waals surface area contributed by atoms with Gasteiger partial charge in [0.15, 0.2) is 5.78 Å². The maximum absolute atomic E-state index is 12.9. The lowest BCUT2D eigenvalue weighted by atomic mass is 10.0. The minimum atomic E-state index is -0.394. The Balaban J connectivity index is 1.79. The standard InChI is InChI=1S/C26H26O5/c1-3-29-26(28)16-14-24(27)23-17-22(31-21-11-9-19(2)10-12-21)13-15-25(23)30-18-20-7-5-4-6-8-20/h4-13,15,17H,3,14,16,18H2,1-2H3. The van der Waals surface area contributed by atoms with E-state index < -0.39 is 5.97 Å². The second-order valence-corrected chi connectivity index (χ2v) is 7.08. The van der Waals surface area contributed by atoms with Gasteiger partial charge in [0, 0.05) is 6.42 Å². The Morgan fingerprint density at radius 2 is 1.55 bits per heavy atom. The molecule has 0 unspecified atom stereocenters. The smallest absolute Gasteiger partial charge is 0.306 e. The van der Waals surface area contributed by atoms with Gasteiger partial charge in [0.2, 0.25) is 0 Å². The zero-order chi connectivity index (χ0) is 22.1. The summed E-state index contributed by atoms with van der Waals surface area (Å²) in [6.07, 6.45) is 0.0579. The highest BCUT2D eigenvalue weighted by atomic mass is 16.5. The number of esters is 1. The molecular weight excluding hydrogens is 392 g/mol. The predicted octanol–water partition coefficient (Wildman–Crippen LogP) is 5.89. The Labute approximate surface area is 182 Å². The van der Waals surface area contributed by atoms with Crippen molar-refractivity contribution in [2.24, 2.45) is 0 Å². The topological polar surface area (TPSA) is 61.8 Å². The number of ketones is 1. The van der Waals surface area contributed by atoms with E-state index in [0.717, 1.165) is 11.1 Å². The molecule has 0 fully saturated rings. The molecule has 5 nitrogen and oxygen atoms in total. The van der Waals surface area contributed by atoms with Crippen LogP contribution in [0, 0.1) is 6.92 Å². The molecule has 0 amide bonds. The van der Waals surface area contributed by atoms with E-state index in [1.807, 2.05) is 61.5 Å². The SMILES string of the molecule is CCOC(=O)CCC(=O)c1cc(Oc2ccc(C)cc2)ccc1OCc1ccccc1. The van der Waals surface area contributed by atoms with Crippen LogP contribution in [0.5, 0.6) is 17.2 Å². The van der Waals surface area contributed by atoms with Gasteiger partial charge in [-0.05, 0) is 49.7 Å². The van der Waals surface area contributed by atoms with E-state index in [-0.39, 0.29) is 18.6 Å². The fourth-order valence-corrected chi connectivity index (χ4v) is 2.98. The van der Waals surface area contributed by atoms with Gasteiger partial charge in [0.1, 0.15) is 23.9 Å². The van der Waals surface area contributed by atoms with Crippen molar-refractivity contribution >= 4 is 11.8 Å². The molecule has 0 aliphatic carbocycles. The Morgan fingerprint density at radius 1 is 0.839 bits per heavy atom. The van der Waals surface area contributed by atoms with Crippen molar-refractivity contribution in [1.29, 1.82) is 0 Å². The van der Waals surface area contributed by atoms with Crippen LogP contribution in [0.2, 0.25) is 0 Å². The van der Waals surface area contributed by atoms with Crippen molar-refractivity contribution in [3.8, 4) is 17.2 Å². The molecule has 0 saturated carbocycles. The molecule has 160 valence electrons. The summed E-state index contributed by atoms with van der Waals surface area (Å²) in [6, 6.07) is 22.5. The lowest BCUT2D eigenvalue weighted by Gasteiger charge is -2.13. The van der Waals surface area contributed by atoms with Gasteiger partial charge < -0.3 is 14.2 Å². The molecule has 0 aliphatic heterocycles. The summed E-state index contributed by atoms with van der Waals surface area (Å²) in [5.74, 6) is 1.05. The van der Waals surface area contributed by atoms with E-state index in [9.17, 15) is 9.59 Å². The molecule has 0 saturated heterocycles. The third kappa shape index (κ3) is 6.71. The molecule has 0 atom stereocenters. The zero-order valence-electron chi connectivity index (χ0n) is 17.8. The molecule has 0 N–H and O–H groups in total. The molecule has 0 heterocycles. The number of aryl methyl sites for hydroxylation is 1. The van der Waals surface area contributed by atoms with Crippen LogP contribution in [0.4, 0.5) is 0 Å². The average molecular weight is 418 g/mol. The Hall–Kier alpha value is -3.60. The first-order chi connectivity index (χ1) is 15.0. The fourth-order valence-electron chi connectivity index (χ4n) is 2.98. The molecule has 3 aromatic rings. The summed E-state index contributed by atoms with van der Waals surface area (Å²) >= 11 is 0. The minimum absolute atomic E-state index is 0.0217. The van der Waals surface area contributed by atoms with Gasteiger partial charge in [-0.25, -0.2) is 0 Å². The van der Waals surface area contributed by atoms with Crippen molar-refractivity contribution in [2.75, 3.05) is 6.61 Å². The maximum atomic E-state index is 12.9. The number of ether oxygens (including phenoxy) is 3. The molecule has 0 radical (unpaired) electrons. The molecule has 3 aromatic carbocycles. The number of carbonyl (C=O) groups excluding carboxylic acids is 2. The lowest BCUT2D eigenvalue weighted by Crippen LogP contribution is -2.09. The van der Waals surface area contributed by atoms with Crippen LogP contribution >= 0.6 is 0 Å². The van der Waals surface area contributed by atoms with E-state index >= 15 is 0 Å². The van der Waals surface area contributed by atoms with Crippen molar-refractivity contribution < 1.29 is 23.8 Å². The van der Waals surface area contributed by atoms with Crippen LogP contribution < -0.4 is 9.47 Å². The van der Waals surface area contributed by atoms with E-state index in [2.05, 4.69) is 0 Å². The van der Waals surface area contributed by atoms with Gasteiger partial charge in [0.05, 0.1) is 18.6 Å². The normalized spacial score (nSPS) is 10.4. The van der Waals surface area contributed by atoms with E-state index in [1.54, 1.807) is 25.1 Å². The van der Waals surface area contributed by atoms with E-state index in [1.165, 1.54) is 0 Å². The average Bonchev–Trinajstić information content (AvgIpc) is 2.79. The largest absolute Gasteiger partial charge is 0.488 e. The Bertz CT molecular complexity index is 1010. The number of rotatable bonds is 10. The summed E-state index contributed by atoms with van der Waals surface area (Å²) in [5.41, 5.74) is 2.50. The second-order valence-electron chi connectivity index (χ2n) is 7.08. The summed E-state index contributed by atoms with van der Waals surface area (Å²) in [4.78, 5) is 24.6. The fraction of sp³-hybridized carbons (Fsp3) is 0.231. The summed E-state index contributed by atoms with van der Waals surface area (Å²) in [5, 5.41) is 0. The third-order valence-corrected chi connectivity index (χ3v) is 4.61. The molecule has 0 bridgehead atoms. The number of Topliss-reactive ketones (excluding diaryl/α,β-unsaturated/α-hetero) is 1. The van der Waals surface area contributed by atoms with Crippen LogP contribution in [0.15, 0.2) is 72.8 Å². The number of carbonyl (C=O) groups is 2. The quantitative estimate of drug-likeness (QED) is 0.303. The summed E-state index contributed by atoms with van der Waals surface area (Å²) in [6.45, 7) is 4.36. The predicted molar refractivity (Wildman–Crippen MR) is 119 cm³/mol. The summed E-state index contributed by atoms with van der Waals surface area (Å²) < 4.78 is 16.8. The first kappa shape index (κ1) is 22.1. The minimum Gasteiger partial charge on any atom is -0.488 e. The van der Waals surface area contributed by atoms with Gasteiger partial charge in [-0.15, -0.1) is 0 Å². The van der Waals surface area contributed by atoms with Gasteiger partial charge in [-0.1, -0.05) is 48.0 Å². The van der Waals surface area contributed by atoms with Crippen molar-refractivity contribution in [3.05, 3.63) is 89.5 Å². The first-order valence-electron chi connectivity index (χ1n) is 10.3. The van der Waals surface area contributed by atoms with E-state index in [0.29, 0.717) is 36.0 Å². The molecule has 0 aliphatic rings. The number of benzene rings is 3. The molecular formula is C26H26O5. The Kier molecular flexibility index (Phi) is 7.82. The molecule has 0 spiro atoms. The number of hydrogen-bond donors (Lipinski definition) is 0. The van der Waals surface area contributed by atoms with E-state index in [4.69, 9.17) is 14.2 Å². The third-order valence-electron chi connectivity index (χ3n) is 4.61. The van der Waals surface area contributed by atoms with Gasteiger partial charge in [0.25, 0.3) is 0 Å². The zero-order valence-corrected chi connectivity index (χ0v) is 17.8. The van der Waals surface area contributed by atoms with Crippen LogP contribution in [0.3, 0.4) is 0 Å². The lowest BCUT2D eigenvalue weighted by molar-refractivity contribution is -0.143.